The van der Waals surface area contributed by atoms with E-state index in [1.54, 1.807) is 13.2 Å². The minimum Gasteiger partial charge on any atom is -0.493 e. The molecule has 102 valence electrons. The molecule has 0 radical (unpaired) electrons. The average Bonchev–Trinajstić information content (AvgIpc) is 2.40. The van der Waals surface area contributed by atoms with Gasteiger partial charge in [-0.25, -0.2) is 4.39 Å². The monoisotopic (exact) mass is 255 g/mol. The molecule has 0 aliphatic carbocycles. The van der Waals surface area contributed by atoms with Crippen molar-refractivity contribution in [1.82, 2.24) is 5.32 Å². The van der Waals surface area contributed by atoms with Crippen LogP contribution in [0.1, 0.15) is 31.9 Å². The van der Waals surface area contributed by atoms with Crippen LogP contribution in [0.3, 0.4) is 0 Å². The highest BCUT2D eigenvalue weighted by Crippen LogP contribution is 2.35. The Balaban J connectivity index is 3.22. The van der Waals surface area contributed by atoms with E-state index in [2.05, 4.69) is 19.2 Å². The Morgan fingerprint density at radius 3 is 2.22 bits per heavy atom. The maximum Gasteiger partial charge on any atom is 0.163 e. The molecule has 0 fully saturated rings. The standard InChI is InChI=1S/C14H22FNO2/c1-6-9(2)14(16-3)10-7-12(17-4)13(18-5)8-11(10)15/h7-9,14,16H,6H2,1-5H3. The largest absolute Gasteiger partial charge is 0.493 e. The van der Waals surface area contributed by atoms with Gasteiger partial charge in [0, 0.05) is 17.7 Å². The summed E-state index contributed by atoms with van der Waals surface area (Å²) < 4.78 is 24.4. The van der Waals surface area contributed by atoms with Gasteiger partial charge in [0.15, 0.2) is 11.5 Å². The molecule has 0 aromatic heterocycles. The summed E-state index contributed by atoms with van der Waals surface area (Å²) >= 11 is 0. The molecule has 1 aromatic rings. The number of ether oxygens (including phenoxy) is 2. The number of nitrogens with one attached hydrogen (secondary N) is 1. The third-order valence-corrected chi connectivity index (χ3v) is 3.36. The van der Waals surface area contributed by atoms with Gasteiger partial charge in [-0.05, 0) is 19.0 Å². The summed E-state index contributed by atoms with van der Waals surface area (Å²) in [6, 6.07) is 3.05. The molecule has 0 aliphatic heterocycles. The van der Waals surface area contributed by atoms with Crippen molar-refractivity contribution in [3.8, 4) is 11.5 Å². The van der Waals surface area contributed by atoms with Crippen LogP contribution in [0.2, 0.25) is 0 Å². The van der Waals surface area contributed by atoms with Gasteiger partial charge in [-0.15, -0.1) is 0 Å². The third kappa shape index (κ3) is 2.93. The van der Waals surface area contributed by atoms with Gasteiger partial charge in [-0.3, -0.25) is 0 Å². The van der Waals surface area contributed by atoms with E-state index in [9.17, 15) is 4.39 Å². The number of halogens is 1. The minimum atomic E-state index is -0.271. The molecule has 0 heterocycles. The number of rotatable bonds is 6. The molecule has 3 nitrogen and oxygen atoms in total. The molecule has 2 unspecified atom stereocenters. The third-order valence-electron chi connectivity index (χ3n) is 3.36. The zero-order valence-corrected chi connectivity index (χ0v) is 11.7. The number of methoxy groups -OCH3 is 2. The van der Waals surface area contributed by atoms with Crippen LogP contribution in [0, 0.1) is 11.7 Å². The van der Waals surface area contributed by atoms with E-state index in [4.69, 9.17) is 9.47 Å². The van der Waals surface area contributed by atoms with E-state index in [1.807, 2.05) is 7.05 Å². The molecule has 1 aromatic carbocycles. The topological polar surface area (TPSA) is 30.5 Å². The SMILES string of the molecule is CCC(C)C(NC)c1cc(OC)c(OC)cc1F. The van der Waals surface area contributed by atoms with Gasteiger partial charge in [0.05, 0.1) is 14.2 Å². The molecule has 4 heteroatoms. The fraction of sp³-hybridized carbons (Fsp3) is 0.571. The van der Waals surface area contributed by atoms with Crippen molar-refractivity contribution in [1.29, 1.82) is 0 Å². The minimum absolute atomic E-state index is 0.0326. The predicted octanol–water partition coefficient (Wildman–Crippen LogP) is 3.15. The van der Waals surface area contributed by atoms with E-state index in [0.29, 0.717) is 23.0 Å². The lowest BCUT2D eigenvalue weighted by Crippen LogP contribution is -2.24. The van der Waals surface area contributed by atoms with E-state index < -0.39 is 0 Å². The normalized spacial score (nSPS) is 14.1. The summed E-state index contributed by atoms with van der Waals surface area (Å²) in [4.78, 5) is 0. The van der Waals surface area contributed by atoms with Crippen molar-refractivity contribution >= 4 is 0 Å². The fourth-order valence-electron chi connectivity index (χ4n) is 2.09. The van der Waals surface area contributed by atoms with Gasteiger partial charge in [0.1, 0.15) is 5.82 Å². The fourth-order valence-corrected chi connectivity index (χ4v) is 2.09. The van der Waals surface area contributed by atoms with Crippen LogP contribution >= 0.6 is 0 Å². The zero-order chi connectivity index (χ0) is 13.7. The smallest absolute Gasteiger partial charge is 0.163 e. The lowest BCUT2D eigenvalue weighted by molar-refractivity contribution is 0.344. The van der Waals surface area contributed by atoms with Crippen molar-refractivity contribution in [2.75, 3.05) is 21.3 Å². The van der Waals surface area contributed by atoms with Crippen molar-refractivity contribution in [2.24, 2.45) is 5.92 Å². The van der Waals surface area contributed by atoms with Crippen LogP contribution in [0.25, 0.3) is 0 Å². The second-order valence-electron chi connectivity index (χ2n) is 4.38. The van der Waals surface area contributed by atoms with Gasteiger partial charge in [0.25, 0.3) is 0 Å². The Hall–Kier alpha value is -1.29. The first-order chi connectivity index (χ1) is 8.58. The summed E-state index contributed by atoms with van der Waals surface area (Å²) in [7, 11) is 4.89. The van der Waals surface area contributed by atoms with Crippen LogP contribution in [0.4, 0.5) is 4.39 Å². The highest BCUT2D eigenvalue weighted by atomic mass is 19.1. The predicted molar refractivity (Wildman–Crippen MR) is 70.8 cm³/mol. The lowest BCUT2D eigenvalue weighted by Gasteiger charge is -2.24. The summed E-state index contributed by atoms with van der Waals surface area (Å²) in [5.41, 5.74) is 0.615. The molecule has 2 atom stereocenters. The van der Waals surface area contributed by atoms with Crippen molar-refractivity contribution < 1.29 is 13.9 Å². The number of hydrogen-bond donors (Lipinski definition) is 1. The van der Waals surface area contributed by atoms with Gasteiger partial charge >= 0.3 is 0 Å². The Kier molecular flexibility index (Phi) is 5.41. The molecule has 18 heavy (non-hydrogen) atoms. The Morgan fingerprint density at radius 1 is 1.22 bits per heavy atom. The maximum atomic E-state index is 14.1. The molecule has 0 saturated heterocycles. The Labute approximate surface area is 108 Å². The highest BCUT2D eigenvalue weighted by Gasteiger charge is 2.22. The van der Waals surface area contributed by atoms with E-state index in [1.165, 1.54) is 13.2 Å². The summed E-state index contributed by atoms with van der Waals surface area (Å²) in [5, 5.41) is 3.16. The summed E-state index contributed by atoms with van der Waals surface area (Å²) in [6.45, 7) is 4.19. The van der Waals surface area contributed by atoms with E-state index in [0.717, 1.165) is 6.42 Å². The van der Waals surface area contributed by atoms with Crippen molar-refractivity contribution in [3.63, 3.8) is 0 Å². The quantitative estimate of drug-likeness (QED) is 0.847. The molecule has 1 N–H and O–H groups in total. The van der Waals surface area contributed by atoms with Crippen molar-refractivity contribution in [2.45, 2.75) is 26.3 Å². The van der Waals surface area contributed by atoms with E-state index >= 15 is 0 Å². The molecule has 0 bridgehead atoms. The van der Waals surface area contributed by atoms with E-state index in [-0.39, 0.29) is 11.9 Å². The first kappa shape index (κ1) is 14.8. The Morgan fingerprint density at radius 2 is 1.78 bits per heavy atom. The van der Waals surface area contributed by atoms with Crippen LogP contribution in [0.5, 0.6) is 11.5 Å². The van der Waals surface area contributed by atoms with Crippen LogP contribution in [0.15, 0.2) is 12.1 Å². The summed E-state index contributed by atoms with van der Waals surface area (Å²) in [6.07, 6.45) is 0.972. The average molecular weight is 255 g/mol. The Bertz CT molecular complexity index is 396. The lowest BCUT2D eigenvalue weighted by atomic mass is 9.92. The van der Waals surface area contributed by atoms with Gasteiger partial charge in [-0.2, -0.15) is 0 Å². The van der Waals surface area contributed by atoms with Crippen LogP contribution in [-0.2, 0) is 0 Å². The number of hydrogen-bond acceptors (Lipinski definition) is 3. The highest BCUT2D eigenvalue weighted by molar-refractivity contribution is 5.44. The maximum absolute atomic E-state index is 14.1. The van der Waals surface area contributed by atoms with Crippen LogP contribution < -0.4 is 14.8 Å². The molecule has 0 amide bonds. The second kappa shape index (κ2) is 6.59. The molecule has 0 aliphatic rings. The van der Waals surface area contributed by atoms with Gasteiger partial charge in [0.2, 0.25) is 0 Å². The van der Waals surface area contributed by atoms with Crippen molar-refractivity contribution in [3.05, 3.63) is 23.5 Å². The molecule has 0 spiro atoms. The van der Waals surface area contributed by atoms with Crippen LogP contribution in [-0.4, -0.2) is 21.3 Å². The first-order valence-electron chi connectivity index (χ1n) is 6.17. The molecular formula is C14H22FNO2. The summed E-state index contributed by atoms with van der Waals surface area (Å²) in [5.74, 6) is 1.03. The number of benzene rings is 1. The van der Waals surface area contributed by atoms with Gasteiger partial charge in [-0.1, -0.05) is 20.3 Å². The second-order valence-corrected chi connectivity index (χ2v) is 4.38. The molecule has 1 rings (SSSR count). The zero-order valence-electron chi connectivity index (χ0n) is 11.7. The molecule has 0 saturated carbocycles. The van der Waals surface area contributed by atoms with Gasteiger partial charge < -0.3 is 14.8 Å². The first-order valence-corrected chi connectivity index (χ1v) is 6.17. The molecular weight excluding hydrogens is 233 g/mol.